The van der Waals surface area contributed by atoms with Crippen LogP contribution in [0.25, 0.3) is 0 Å². The first-order valence-corrected chi connectivity index (χ1v) is 6.34. The standard InChI is InChI=1S/C12H19F3N4O/c1-3-4-9-17-10(16)8(2)11(18-9)19(5-6-20)7-12(13,14)15/h20H,3-7H2,1-2H3,(H2,16,17,18). The van der Waals surface area contributed by atoms with Crippen molar-refractivity contribution in [1.29, 1.82) is 0 Å². The van der Waals surface area contributed by atoms with Crippen molar-refractivity contribution >= 4 is 11.6 Å². The molecule has 0 aliphatic rings. The van der Waals surface area contributed by atoms with E-state index in [1.54, 1.807) is 6.92 Å². The second-order valence-electron chi connectivity index (χ2n) is 4.48. The molecule has 114 valence electrons. The van der Waals surface area contributed by atoms with Crippen LogP contribution in [0.5, 0.6) is 0 Å². The van der Waals surface area contributed by atoms with Gasteiger partial charge in [0.1, 0.15) is 24.0 Å². The maximum atomic E-state index is 12.6. The Morgan fingerprint density at radius 1 is 1.30 bits per heavy atom. The van der Waals surface area contributed by atoms with Crippen LogP contribution < -0.4 is 10.6 Å². The van der Waals surface area contributed by atoms with Gasteiger partial charge in [0.2, 0.25) is 0 Å². The van der Waals surface area contributed by atoms with E-state index < -0.39 is 19.3 Å². The molecule has 0 saturated carbocycles. The lowest BCUT2D eigenvalue weighted by molar-refractivity contribution is -0.120. The van der Waals surface area contributed by atoms with Crippen molar-refractivity contribution in [3.63, 3.8) is 0 Å². The molecule has 1 heterocycles. The lowest BCUT2D eigenvalue weighted by Crippen LogP contribution is -2.37. The molecule has 0 aliphatic carbocycles. The smallest absolute Gasteiger partial charge is 0.395 e. The van der Waals surface area contributed by atoms with Crippen molar-refractivity contribution in [2.75, 3.05) is 30.3 Å². The van der Waals surface area contributed by atoms with Gasteiger partial charge in [0, 0.05) is 18.5 Å². The molecule has 1 aromatic heterocycles. The molecule has 0 amide bonds. The topological polar surface area (TPSA) is 75.3 Å². The van der Waals surface area contributed by atoms with Crippen LogP contribution in [0.1, 0.15) is 24.7 Å². The van der Waals surface area contributed by atoms with E-state index in [4.69, 9.17) is 10.8 Å². The largest absolute Gasteiger partial charge is 0.405 e. The normalized spacial score (nSPS) is 11.7. The number of hydrogen-bond acceptors (Lipinski definition) is 5. The summed E-state index contributed by atoms with van der Waals surface area (Å²) in [4.78, 5) is 9.19. The Morgan fingerprint density at radius 3 is 2.45 bits per heavy atom. The van der Waals surface area contributed by atoms with Crippen LogP contribution in [0, 0.1) is 6.92 Å². The summed E-state index contributed by atoms with van der Waals surface area (Å²) in [5.41, 5.74) is 6.12. The SMILES string of the molecule is CCCc1nc(N)c(C)c(N(CCO)CC(F)(F)F)n1. The summed E-state index contributed by atoms with van der Waals surface area (Å²) in [6, 6.07) is 0. The molecule has 0 aromatic carbocycles. The third-order valence-corrected chi connectivity index (χ3v) is 2.72. The quantitative estimate of drug-likeness (QED) is 0.834. The molecular formula is C12H19F3N4O. The molecule has 8 heteroatoms. The molecule has 0 unspecified atom stereocenters. The van der Waals surface area contributed by atoms with Crippen molar-refractivity contribution in [1.82, 2.24) is 9.97 Å². The van der Waals surface area contributed by atoms with Crippen LogP contribution in [0.3, 0.4) is 0 Å². The van der Waals surface area contributed by atoms with Crippen LogP contribution in [-0.2, 0) is 6.42 Å². The van der Waals surface area contributed by atoms with Crippen molar-refractivity contribution in [3.05, 3.63) is 11.4 Å². The number of rotatable bonds is 6. The van der Waals surface area contributed by atoms with E-state index in [9.17, 15) is 13.2 Å². The van der Waals surface area contributed by atoms with Crippen LogP contribution in [0.15, 0.2) is 0 Å². The van der Waals surface area contributed by atoms with E-state index in [2.05, 4.69) is 9.97 Å². The first-order chi connectivity index (χ1) is 9.28. The molecule has 0 atom stereocenters. The Kier molecular flexibility index (Phi) is 5.55. The summed E-state index contributed by atoms with van der Waals surface area (Å²) < 4.78 is 37.8. The summed E-state index contributed by atoms with van der Waals surface area (Å²) in [7, 11) is 0. The Hall–Kier alpha value is -1.57. The minimum absolute atomic E-state index is 0.132. The number of aryl methyl sites for hydroxylation is 1. The molecule has 0 saturated heterocycles. The van der Waals surface area contributed by atoms with Gasteiger partial charge in [0.05, 0.1) is 6.61 Å². The lowest BCUT2D eigenvalue weighted by Gasteiger charge is -2.26. The van der Waals surface area contributed by atoms with E-state index in [-0.39, 0.29) is 18.2 Å². The predicted octanol–water partition coefficient (Wildman–Crippen LogP) is 1.68. The van der Waals surface area contributed by atoms with Gasteiger partial charge in [-0.25, -0.2) is 9.97 Å². The van der Waals surface area contributed by atoms with Gasteiger partial charge in [-0.2, -0.15) is 13.2 Å². The number of aromatic nitrogens is 2. The van der Waals surface area contributed by atoms with E-state index in [0.29, 0.717) is 17.8 Å². The minimum atomic E-state index is -4.38. The highest BCUT2D eigenvalue weighted by Gasteiger charge is 2.32. The number of aliphatic hydroxyl groups excluding tert-OH is 1. The van der Waals surface area contributed by atoms with Crippen LogP contribution in [0.2, 0.25) is 0 Å². The maximum absolute atomic E-state index is 12.6. The Balaban J connectivity index is 3.17. The van der Waals surface area contributed by atoms with E-state index in [0.717, 1.165) is 11.3 Å². The number of nitrogen functional groups attached to an aromatic ring is 1. The Bertz CT molecular complexity index is 451. The monoisotopic (exact) mass is 292 g/mol. The Labute approximate surface area is 115 Å². The zero-order valence-corrected chi connectivity index (χ0v) is 11.5. The average Bonchev–Trinajstić information content (AvgIpc) is 2.32. The molecule has 20 heavy (non-hydrogen) atoms. The summed E-state index contributed by atoms with van der Waals surface area (Å²) in [6.45, 7) is 1.74. The molecule has 0 radical (unpaired) electrons. The van der Waals surface area contributed by atoms with E-state index in [1.807, 2.05) is 6.92 Å². The second-order valence-corrected chi connectivity index (χ2v) is 4.48. The number of anilines is 2. The van der Waals surface area contributed by atoms with Crippen molar-refractivity contribution < 1.29 is 18.3 Å². The fraction of sp³-hybridized carbons (Fsp3) is 0.667. The van der Waals surface area contributed by atoms with Crippen LogP contribution in [0.4, 0.5) is 24.8 Å². The molecule has 3 N–H and O–H groups in total. The third kappa shape index (κ3) is 4.52. The molecule has 1 rings (SSSR count). The van der Waals surface area contributed by atoms with E-state index in [1.165, 1.54) is 0 Å². The fourth-order valence-corrected chi connectivity index (χ4v) is 1.81. The van der Waals surface area contributed by atoms with Crippen molar-refractivity contribution in [2.24, 2.45) is 0 Å². The zero-order valence-electron chi connectivity index (χ0n) is 11.5. The number of halogens is 3. The molecular weight excluding hydrogens is 273 g/mol. The maximum Gasteiger partial charge on any atom is 0.405 e. The predicted molar refractivity (Wildman–Crippen MR) is 70.5 cm³/mol. The second kappa shape index (κ2) is 6.74. The molecule has 0 fully saturated rings. The van der Waals surface area contributed by atoms with Crippen molar-refractivity contribution in [2.45, 2.75) is 32.9 Å². The summed E-state index contributed by atoms with van der Waals surface area (Å²) >= 11 is 0. The van der Waals surface area contributed by atoms with Gasteiger partial charge in [0.15, 0.2) is 0 Å². The highest BCUT2D eigenvalue weighted by Crippen LogP contribution is 2.25. The van der Waals surface area contributed by atoms with Gasteiger partial charge < -0.3 is 15.7 Å². The number of hydrogen-bond donors (Lipinski definition) is 2. The van der Waals surface area contributed by atoms with Gasteiger partial charge in [-0.3, -0.25) is 0 Å². The highest BCUT2D eigenvalue weighted by molar-refractivity contribution is 5.56. The average molecular weight is 292 g/mol. The summed E-state index contributed by atoms with van der Waals surface area (Å²) in [6.07, 6.45) is -3.08. The number of nitrogens with zero attached hydrogens (tertiary/aromatic N) is 3. The van der Waals surface area contributed by atoms with Crippen molar-refractivity contribution in [3.8, 4) is 0 Å². The first-order valence-electron chi connectivity index (χ1n) is 6.34. The third-order valence-electron chi connectivity index (χ3n) is 2.72. The lowest BCUT2D eigenvalue weighted by atomic mass is 10.2. The van der Waals surface area contributed by atoms with Gasteiger partial charge in [-0.1, -0.05) is 6.92 Å². The fourth-order valence-electron chi connectivity index (χ4n) is 1.81. The van der Waals surface area contributed by atoms with Crippen LogP contribution in [-0.4, -0.2) is 40.9 Å². The van der Waals surface area contributed by atoms with Gasteiger partial charge in [0.25, 0.3) is 0 Å². The molecule has 0 aliphatic heterocycles. The van der Waals surface area contributed by atoms with Gasteiger partial charge in [-0.15, -0.1) is 0 Å². The molecule has 0 spiro atoms. The Morgan fingerprint density at radius 2 is 1.95 bits per heavy atom. The zero-order chi connectivity index (χ0) is 15.3. The number of alkyl halides is 3. The highest BCUT2D eigenvalue weighted by atomic mass is 19.4. The summed E-state index contributed by atoms with van der Waals surface area (Å²) in [5.74, 6) is 0.714. The number of aliphatic hydroxyl groups is 1. The van der Waals surface area contributed by atoms with Crippen LogP contribution >= 0.6 is 0 Å². The van der Waals surface area contributed by atoms with Gasteiger partial charge >= 0.3 is 6.18 Å². The van der Waals surface area contributed by atoms with E-state index >= 15 is 0 Å². The summed E-state index contributed by atoms with van der Waals surface area (Å²) in [5, 5.41) is 8.94. The molecule has 5 nitrogen and oxygen atoms in total. The number of nitrogens with two attached hydrogens (primary N) is 1. The van der Waals surface area contributed by atoms with Gasteiger partial charge in [-0.05, 0) is 13.3 Å². The molecule has 0 bridgehead atoms. The first kappa shape index (κ1) is 16.5. The minimum Gasteiger partial charge on any atom is -0.395 e. The molecule has 1 aromatic rings.